The van der Waals surface area contributed by atoms with E-state index < -0.39 is 17.0 Å². The van der Waals surface area contributed by atoms with Crippen molar-refractivity contribution >= 4 is 40.3 Å². The van der Waals surface area contributed by atoms with Gasteiger partial charge in [-0.25, -0.2) is 12.2 Å². The molecule has 0 saturated heterocycles. The number of aryl methyl sites for hydroxylation is 1. The van der Waals surface area contributed by atoms with E-state index in [4.69, 9.17) is 18.6 Å². The summed E-state index contributed by atoms with van der Waals surface area (Å²) < 4.78 is 2.48. The maximum absolute atomic E-state index is 4.89. The summed E-state index contributed by atoms with van der Waals surface area (Å²) in [6.45, 7) is 4.26. The molecule has 0 fully saturated rings. The third-order valence-corrected chi connectivity index (χ3v) is 5.85. The van der Waals surface area contributed by atoms with Crippen molar-refractivity contribution in [3.8, 4) is 5.69 Å². The van der Waals surface area contributed by atoms with Gasteiger partial charge in [-0.3, -0.25) is 6.08 Å². The minimum Gasteiger partial charge on any atom is -0.332 e. The van der Waals surface area contributed by atoms with Crippen molar-refractivity contribution in [3.05, 3.63) is 96.2 Å². The average Bonchev–Trinajstić information content (AvgIpc) is 3.51. The number of aromatic nitrogens is 1. The van der Waals surface area contributed by atoms with Gasteiger partial charge in [-0.2, -0.15) is 6.08 Å². The van der Waals surface area contributed by atoms with Crippen LogP contribution in [0.15, 0.2) is 78.9 Å². The first-order chi connectivity index (χ1) is 15.0. The van der Waals surface area contributed by atoms with Crippen LogP contribution in [0.5, 0.6) is 0 Å². The van der Waals surface area contributed by atoms with Crippen LogP contribution in [0.2, 0.25) is 0 Å². The predicted molar refractivity (Wildman–Crippen MR) is 131 cm³/mol. The summed E-state index contributed by atoms with van der Waals surface area (Å²) in [4.78, 5) is 0. The van der Waals surface area contributed by atoms with Gasteiger partial charge in [0, 0.05) is 11.1 Å². The van der Waals surface area contributed by atoms with Crippen molar-refractivity contribution in [2.24, 2.45) is 5.41 Å². The first-order valence-electron chi connectivity index (χ1n) is 10.6. The first kappa shape index (κ1) is 22.6. The third-order valence-electron chi connectivity index (χ3n) is 5.85. The van der Waals surface area contributed by atoms with E-state index in [2.05, 4.69) is 91.2 Å². The van der Waals surface area contributed by atoms with E-state index in [1.54, 1.807) is 5.56 Å². The fraction of sp³-hybridized carbons (Fsp3) is 0.222. The Balaban J connectivity index is 0.000000195. The molecule has 2 aliphatic rings. The maximum atomic E-state index is 4.89. The Bertz CT molecular complexity index is 1200. The van der Waals surface area contributed by atoms with Gasteiger partial charge >= 0.3 is 35.6 Å². The molecule has 4 heteroatoms. The van der Waals surface area contributed by atoms with E-state index in [1.165, 1.54) is 52.3 Å². The Morgan fingerprint density at radius 3 is 2.45 bits per heavy atom. The number of nitrogens with zero attached hydrogens (tertiary/aromatic N) is 1. The molecule has 0 unspecified atom stereocenters. The van der Waals surface area contributed by atoms with E-state index in [1.807, 2.05) is 12.2 Å². The second-order valence-corrected chi connectivity index (χ2v) is 11.0. The summed E-state index contributed by atoms with van der Waals surface area (Å²) in [5.41, 5.74) is 5.97. The summed E-state index contributed by atoms with van der Waals surface area (Å²) in [7, 11) is 9.78. The van der Waals surface area contributed by atoms with E-state index >= 15 is 0 Å². The molecule has 1 nitrogen and oxygen atoms in total. The molecule has 4 aromatic rings. The maximum Gasteiger partial charge on any atom is 0.0516 e. The molecule has 0 amide bonds. The fourth-order valence-electron chi connectivity index (χ4n) is 4.49. The van der Waals surface area contributed by atoms with Crippen LogP contribution in [0, 0.1) is 11.5 Å². The number of hydrogen-bond acceptors (Lipinski definition) is 0. The summed E-state index contributed by atoms with van der Waals surface area (Å²) in [5.74, 6) is 0. The monoisotopic (exact) mass is 481 g/mol. The van der Waals surface area contributed by atoms with Gasteiger partial charge in [-0.1, -0.05) is 43.5 Å². The van der Waals surface area contributed by atoms with Crippen LogP contribution in [-0.2, 0) is 29.9 Å². The molecule has 1 aromatic heterocycles. The molecule has 0 bridgehead atoms. The van der Waals surface area contributed by atoms with Crippen molar-refractivity contribution < 1.29 is 17.0 Å². The Morgan fingerprint density at radius 2 is 1.77 bits per heavy atom. The number of hydrogen-bond donors (Lipinski definition) is 0. The SMILES string of the molecule is CC1(C)[C-]=CC=C1.[Cl][Ti][Cl].c1ccc2[cH-]c(-n3c4c(c5ccccc53)CCC4)cc2c1. The van der Waals surface area contributed by atoms with Crippen molar-refractivity contribution in [1.82, 2.24) is 4.57 Å². The van der Waals surface area contributed by atoms with Gasteiger partial charge < -0.3 is 4.57 Å². The van der Waals surface area contributed by atoms with E-state index in [0.29, 0.717) is 0 Å². The van der Waals surface area contributed by atoms with Gasteiger partial charge in [-0.05, 0) is 36.6 Å². The molecule has 0 spiro atoms. The molecule has 0 atom stereocenters. The summed E-state index contributed by atoms with van der Waals surface area (Å²) in [6, 6.07) is 22.1. The number of para-hydroxylation sites is 1. The number of rotatable bonds is 1. The van der Waals surface area contributed by atoms with Gasteiger partial charge in [0.25, 0.3) is 0 Å². The zero-order valence-corrected chi connectivity index (χ0v) is 20.9. The quantitative estimate of drug-likeness (QED) is 0.190. The van der Waals surface area contributed by atoms with Crippen molar-refractivity contribution in [1.29, 1.82) is 0 Å². The van der Waals surface area contributed by atoms with Crippen LogP contribution in [0.1, 0.15) is 31.5 Å². The Hall–Kier alpha value is -1.64. The molecular formula is C27H25Cl2NTi-2. The normalized spacial score (nSPS) is 15.4. The van der Waals surface area contributed by atoms with E-state index in [0.717, 1.165) is 0 Å². The number of halogens is 2. The van der Waals surface area contributed by atoms with Crippen molar-refractivity contribution in [2.45, 2.75) is 33.1 Å². The Kier molecular flexibility index (Phi) is 7.19. The Labute approximate surface area is 201 Å². The minimum absolute atomic E-state index is 0.208. The predicted octanol–water partition coefficient (Wildman–Crippen LogP) is 8.31. The van der Waals surface area contributed by atoms with Crippen LogP contribution in [0.3, 0.4) is 0 Å². The van der Waals surface area contributed by atoms with E-state index in [-0.39, 0.29) is 5.41 Å². The zero-order valence-electron chi connectivity index (χ0n) is 17.8. The van der Waals surface area contributed by atoms with Gasteiger partial charge in [-0.15, -0.1) is 41.1 Å². The first-order valence-corrected chi connectivity index (χ1v) is 14.9. The van der Waals surface area contributed by atoms with Crippen LogP contribution in [0.4, 0.5) is 0 Å². The number of allylic oxidation sites excluding steroid dienone is 4. The van der Waals surface area contributed by atoms with Crippen LogP contribution in [-0.4, -0.2) is 4.57 Å². The van der Waals surface area contributed by atoms with Crippen LogP contribution in [0.25, 0.3) is 27.4 Å². The molecule has 31 heavy (non-hydrogen) atoms. The summed E-state index contributed by atoms with van der Waals surface area (Å²) in [6.07, 6.45) is 13.0. The van der Waals surface area contributed by atoms with E-state index in [9.17, 15) is 0 Å². The third kappa shape index (κ3) is 4.91. The molecule has 158 valence electrons. The summed E-state index contributed by atoms with van der Waals surface area (Å²) in [5, 5.41) is 4.10. The van der Waals surface area contributed by atoms with Crippen LogP contribution < -0.4 is 0 Å². The van der Waals surface area contributed by atoms with Crippen molar-refractivity contribution in [3.63, 3.8) is 0 Å². The molecule has 3 aromatic carbocycles. The largest absolute Gasteiger partial charge is 0.332 e. The zero-order chi connectivity index (χ0) is 21.8. The molecule has 0 radical (unpaired) electrons. The second kappa shape index (κ2) is 9.88. The topological polar surface area (TPSA) is 4.93 Å². The number of fused-ring (bicyclic) bond motifs is 4. The average molecular weight is 482 g/mol. The summed E-state index contributed by atoms with van der Waals surface area (Å²) >= 11 is -0.556. The van der Waals surface area contributed by atoms with Gasteiger partial charge in [0.2, 0.25) is 0 Å². The molecular weight excluding hydrogens is 457 g/mol. The molecule has 6 rings (SSSR count). The smallest absolute Gasteiger partial charge is 0.0516 e. The fourth-order valence-corrected chi connectivity index (χ4v) is 4.49. The molecule has 1 heterocycles. The Morgan fingerprint density at radius 1 is 1.03 bits per heavy atom. The van der Waals surface area contributed by atoms with Crippen LogP contribution >= 0.6 is 18.6 Å². The van der Waals surface area contributed by atoms with Crippen molar-refractivity contribution in [2.75, 3.05) is 0 Å². The van der Waals surface area contributed by atoms with Gasteiger partial charge in [0.15, 0.2) is 0 Å². The molecule has 0 saturated carbocycles. The second-order valence-electron chi connectivity index (χ2n) is 8.44. The minimum atomic E-state index is -0.556. The standard InChI is InChI=1S/C20H16N.C7H9.2ClH.Ti/c1-2-7-15-13-16(12-14(15)6-1)21-19-10-4-3-8-17(19)18-9-5-11-20(18)21;1-7(2)5-3-4-6-7;;;/h1-4,6-8,10,12-13H,5,9,11H2;3-5H,1-2H3;2*1H;/q2*-1;;;+2/p-2. The molecule has 0 aliphatic heterocycles. The van der Waals surface area contributed by atoms with Gasteiger partial charge in [0.1, 0.15) is 0 Å². The molecule has 0 N–H and O–H groups in total. The number of benzene rings is 2. The van der Waals surface area contributed by atoms with Gasteiger partial charge in [0.05, 0.1) is 5.52 Å². The molecule has 2 aliphatic carbocycles.